The summed E-state index contributed by atoms with van der Waals surface area (Å²) in [7, 11) is 2.77. The number of esters is 1. The van der Waals surface area contributed by atoms with Crippen LogP contribution in [0.2, 0.25) is 0 Å². The lowest BCUT2D eigenvalue weighted by atomic mass is 10.2. The van der Waals surface area contributed by atoms with E-state index in [-0.39, 0.29) is 5.82 Å². The first-order chi connectivity index (χ1) is 8.58. The van der Waals surface area contributed by atoms with E-state index in [0.717, 1.165) is 0 Å². The SMILES string of the molecule is COC(=O)C(N)CSCc1ccc(OC)cc1F. The largest absolute Gasteiger partial charge is 0.497 e. The van der Waals surface area contributed by atoms with Gasteiger partial charge in [-0.25, -0.2) is 4.39 Å². The summed E-state index contributed by atoms with van der Waals surface area (Å²) in [5.74, 6) is 0.525. The van der Waals surface area contributed by atoms with Crippen LogP contribution in [-0.2, 0) is 15.3 Å². The van der Waals surface area contributed by atoms with E-state index in [2.05, 4.69) is 4.74 Å². The molecule has 2 N–H and O–H groups in total. The fourth-order valence-corrected chi connectivity index (χ4v) is 2.25. The Bertz CT molecular complexity index is 414. The van der Waals surface area contributed by atoms with Crippen LogP contribution >= 0.6 is 11.8 Å². The Morgan fingerprint density at radius 3 is 2.78 bits per heavy atom. The molecular weight excluding hydrogens is 257 g/mol. The number of rotatable bonds is 6. The molecule has 0 aliphatic heterocycles. The van der Waals surface area contributed by atoms with Gasteiger partial charge in [0.25, 0.3) is 0 Å². The summed E-state index contributed by atoms with van der Waals surface area (Å²) in [5, 5.41) is 0. The van der Waals surface area contributed by atoms with Crippen LogP contribution in [-0.4, -0.2) is 32.0 Å². The van der Waals surface area contributed by atoms with Crippen molar-refractivity contribution in [2.75, 3.05) is 20.0 Å². The van der Waals surface area contributed by atoms with Gasteiger partial charge >= 0.3 is 5.97 Å². The normalized spacial score (nSPS) is 12.0. The number of ether oxygens (including phenoxy) is 2. The smallest absolute Gasteiger partial charge is 0.323 e. The number of benzene rings is 1. The number of hydrogen-bond donors (Lipinski definition) is 1. The van der Waals surface area contributed by atoms with Crippen LogP contribution < -0.4 is 10.5 Å². The summed E-state index contributed by atoms with van der Waals surface area (Å²) < 4.78 is 23.0. The minimum absolute atomic E-state index is 0.325. The summed E-state index contributed by atoms with van der Waals surface area (Å²) in [5.41, 5.74) is 6.12. The van der Waals surface area contributed by atoms with Crippen molar-refractivity contribution in [2.45, 2.75) is 11.8 Å². The standard InChI is InChI=1S/C12H16FNO3S/c1-16-9-4-3-8(10(13)5-9)6-18-7-11(14)12(15)17-2/h3-5,11H,6-7,14H2,1-2H3. The van der Waals surface area contributed by atoms with Crippen LogP contribution in [0.4, 0.5) is 4.39 Å². The van der Waals surface area contributed by atoms with E-state index in [1.165, 1.54) is 32.0 Å². The first-order valence-corrected chi connectivity index (χ1v) is 6.47. The van der Waals surface area contributed by atoms with Crippen molar-refractivity contribution in [3.05, 3.63) is 29.6 Å². The molecule has 18 heavy (non-hydrogen) atoms. The number of hydrogen-bond acceptors (Lipinski definition) is 5. The third kappa shape index (κ3) is 4.19. The fourth-order valence-electron chi connectivity index (χ4n) is 1.29. The lowest BCUT2D eigenvalue weighted by Gasteiger charge is -2.09. The number of carbonyl (C=O) groups excluding carboxylic acids is 1. The Balaban J connectivity index is 2.46. The molecule has 0 spiro atoms. The van der Waals surface area contributed by atoms with Crippen molar-refractivity contribution in [3.8, 4) is 5.75 Å². The molecule has 0 aromatic heterocycles. The predicted octanol–water partition coefficient (Wildman–Crippen LogP) is 1.57. The Labute approximate surface area is 110 Å². The zero-order valence-corrected chi connectivity index (χ0v) is 11.1. The minimum Gasteiger partial charge on any atom is -0.497 e. The molecule has 4 nitrogen and oxygen atoms in total. The van der Waals surface area contributed by atoms with E-state index in [4.69, 9.17) is 10.5 Å². The van der Waals surface area contributed by atoms with Gasteiger partial charge < -0.3 is 15.2 Å². The first kappa shape index (κ1) is 14.8. The molecule has 0 bridgehead atoms. The van der Waals surface area contributed by atoms with Gasteiger partial charge in [0, 0.05) is 17.6 Å². The molecule has 0 aliphatic carbocycles. The molecule has 6 heteroatoms. The highest BCUT2D eigenvalue weighted by molar-refractivity contribution is 7.98. The van der Waals surface area contributed by atoms with Gasteiger partial charge in [-0.3, -0.25) is 4.79 Å². The van der Waals surface area contributed by atoms with Gasteiger partial charge in [0.15, 0.2) is 0 Å². The number of halogens is 1. The van der Waals surface area contributed by atoms with Crippen LogP contribution in [0.15, 0.2) is 18.2 Å². The van der Waals surface area contributed by atoms with Crippen molar-refractivity contribution < 1.29 is 18.7 Å². The van der Waals surface area contributed by atoms with Crippen molar-refractivity contribution in [1.29, 1.82) is 0 Å². The van der Waals surface area contributed by atoms with E-state index in [9.17, 15) is 9.18 Å². The van der Waals surface area contributed by atoms with Gasteiger partial charge in [0.2, 0.25) is 0 Å². The third-order valence-electron chi connectivity index (χ3n) is 2.32. The highest BCUT2D eigenvalue weighted by atomic mass is 32.2. The maximum absolute atomic E-state index is 13.6. The van der Waals surface area contributed by atoms with Crippen molar-refractivity contribution >= 4 is 17.7 Å². The molecule has 1 unspecified atom stereocenters. The van der Waals surface area contributed by atoms with Crippen LogP contribution in [0.25, 0.3) is 0 Å². The van der Waals surface area contributed by atoms with Crippen molar-refractivity contribution in [3.63, 3.8) is 0 Å². The van der Waals surface area contributed by atoms with Gasteiger partial charge in [-0.2, -0.15) is 11.8 Å². The maximum Gasteiger partial charge on any atom is 0.323 e. The summed E-state index contributed by atoms with van der Waals surface area (Å²) in [6.45, 7) is 0. The molecule has 1 aromatic rings. The van der Waals surface area contributed by atoms with E-state index < -0.39 is 12.0 Å². The Morgan fingerprint density at radius 1 is 1.50 bits per heavy atom. The van der Waals surface area contributed by atoms with Gasteiger partial charge in [-0.15, -0.1) is 0 Å². The molecule has 1 rings (SSSR count). The second-order valence-electron chi connectivity index (χ2n) is 3.60. The quantitative estimate of drug-likeness (QED) is 0.797. The fraction of sp³-hybridized carbons (Fsp3) is 0.417. The first-order valence-electron chi connectivity index (χ1n) is 5.32. The maximum atomic E-state index is 13.6. The van der Waals surface area contributed by atoms with Gasteiger partial charge in [-0.1, -0.05) is 6.07 Å². The van der Waals surface area contributed by atoms with E-state index in [0.29, 0.717) is 22.8 Å². The highest BCUT2D eigenvalue weighted by Crippen LogP contribution is 2.20. The Kier molecular flexibility index (Phi) is 5.94. The Hall–Kier alpha value is -1.27. The molecule has 1 atom stereocenters. The van der Waals surface area contributed by atoms with Crippen molar-refractivity contribution in [2.24, 2.45) is 5.73 Å². The number of carbonyl (C=O) groups is 1. The average Bonchev–Trinajstić information content (AvgIpc) is 2.39. The van der Waals surface area contributed by atoms with Crippen LogP contribution in [0.1, 0.15) is 5.56 Å². The molecule has 1 aromatic carbocycles. The van der Waals surface area contributed by atoms with Gasteiger partial charge in [0.05, 0.1) is 14.2 Å². The number of nitrogens with two attached hydrogens (primary N) is 1. The van der Waals surface area contributed by atoms with Crippen molar-refractivity contribution in [1.82, 2.24) is 0 Å². The topological polar surface area (TPSA) is 61.5 Å². The van der Waals surface area contributed by atoms with E-state index >= 15 is 0 Å². The monoisotopic (exact) mass is 273 g/mol. The molecule has 0 saturated heterocycles. The molecule has 0 saturated carbocycles. The Morgan fingerprint density at radius 2 is 2.22 bits per heavy atom. The number of thioether (sulfide) groups is 1. The molecule has 0 fully saturated rings. The predicted molar refractivity (Wildman–Crippen MR) is 69.1 cm³/mol. The third-order valence-corrected chi connectivity index (χ3v) is 3.43. The van der Waals surface area contributed by atoms with Crippen LogP contribution in [0.5, 0.6) is 5.75 Å². The lowest BCUT2D eigenvalue weighted by Crippen LogP contribution is -2.33. The molecule has 100 valence electrons. The highest BCUT2D eigenvalue weighted by Gasteiger charge is 2.13. The minimum atomic E-state index is -0.679. The zero-order valence-electron chi connectivity index (χ0n) is 10.3. The molecule has 0 aliphatic rings. The summed E-state index contributed by atoms with van der Waals surface area (Å²) in [6, 6.07) is 4.00. The zero-order chi connectivity index (χ0) is 13.5. The molecular formula is C12H16FNO3S. The average molecular weight is 273 g/mol. The van der Waals surface area contributed by atoms with Gasteiger partial charge in [-0.05, 0) is 11.6 Å². The van der Waals surface area contributed by atoms with Gasteiger partial charge in [0.1, 0.15) is 17.6 Å². The molecule has 0 radical (unpaired) electrons. The molecule has 0 amide bonds. The van der Waals surface area contributed by atoms with Crippen LogP contribution in [0.3, 0.4) is 0 Å². The summed E-state index contributed by atoms with van der Waals surface area (Å²) in [6.07, 6.45) is 0. The van der Waals surface area contributed by atoms with E-state index in [1.54, 1.807) is 12.1 Å². The second kappa shape index (κ2) is 7.23. The lowest BCUT2D eigenvalue weighted by molar-refractivity contribution is -0.141. The molecule has 0 heterocycles. The van der Waals surface area contributed by atoms with Crippen LogP contribution in [0, 0.1) is 5.82 Å². The summed E-state index contributed by atoms with van der Waals surface area (Å²) in [4.78, 5) is 11.1. The second-order valence-corrected chi connectivity index (χ2v) is 4.63. The number of methoxy groups -OCH3 is 2. The summed E-state index contributed by atoms with van der Waals surface area (Å²) >= 11 is 1.38. The van der Waals surface area contributed by atoms with E-state index in [1.807, 2.05) is 0 Å².